The van der Waals surface area contributed by atoms with Crippen molar-refractivity contribution in [3.8, 4) is 0 Å². The van der Waals surface area contributed by atoms with E-state index in [0.29, 0.717) is 18.3 Å². The highest BCUT2D eigenvalue weighted by molar-refractivity contribution is 5.94. The van der Waals surface area contributed by atoms with Crippen molar-refractivity contribution in [3.05, 3.63) is 46.9 Å². The van der Waals surface area contributed by atoms with Crippen LogP contribution in [0.15, 0.2) is 22.7 Å². The van der Waals surface area contributed by atoms with Gasteiger partial charge < -0.3 is 19.3 Å². The van der Waals surface area contributed by atoms with Gasteiger partial charge >= 0.3 is 0 Å². The minimum absolute atomic E-state index is 0.154. The smallest absolute Gasteiger partial charge is 0.257 e. The SMILES string of the molecule is Cc1noc([C@H]2CN(C(=O)c3ccc(CO)c(F)c3)C[C@@H](C)O2)n1. The molecule has 2 aromatic rings. The van der Waals surface area contributed by atoms with E-state index in [0.717, 1.165) is 6.07 Å². The van der Waals surface area contributed by atoms with Gasteiger partial charge in [-0.15, -0.1) is 0 Å². The van der Waals surface area contributed by atoms with E-state index in [1.165, 1.54) is 12.1 Å². The van der Waals surface area contributed by atoms with Crippen LogP contribution in [0, 0.1) is 12.7 Å². The Morgan fingerprint density at radius 2 is 2.25 bits per heavy atom. The van der Waals surface area contributed by atoms with E-state index in [4.69, 9.17) is 14.4 Å². The third kappa shape index (κ3) is 3.29. The lowest BCUT2D eigenvalue weighted by atomic mass is 10.1. The number of aliphatic hydroxyl groups is 1. The molecule has 1 fully saturated rings. The zero-order valence-corrected chi connectivity index (χ0v) is 13.4. The minimum atomic E-state index is -0.603. The van der Waals surface area contributed by atoms with Gasteiger partial charge in [-0.3, -0.25) is 4.79 Å². The maximum Gasteiger partial charge on any atom is 0.257 e. The zero-order valence-electron chi connectivity index (χ0n) is 13.4. The van der Waals surface area contributed by atoms with Crippen LogP contribution in [-0.4, -0.2) is 45.2 Å². The van der Waals surface area contributed by atoms with Gasteiger partial charge in [0.05, 0.1) is 19.3 Å². The number of carbonyl (C=O) groups excluding carboxylic acids is 1. The summed E-state index contributed by atoms with van der Waals surface area (Å²) >= 11 is 0. The standard InChI is InChI=1S/C16H18FN3O4/c1-9-6-20(7-14(23-9)15-18-10(2)19-24-15)16(22)11-3-4-12(8-21)13(17)5-11/h3-5,9,14,21H,6-8H2,1-2H3/t9-,14-/m1/s1. The average molecular weight is 335 g/mol. The molecule has 0 bridgehead atoms. The number of aliphatic hydroxyl groups excluding tert-OH is 1. The molecule has 1 aromatic heterocycles. The molecule has 0 unspecified atom stereocenters. The van der Waals surface area contributed by atoms with Crippen molar-refractivity contribution >= 4 is 5.91 Å². The van der Waals surface area contributed by atoms with Crippen molar-refractivity contribution in [1.82, 2.24) is 15.0 Å². The van der Waals surface area contributed by atoms with Gasteiger partial charge in [-0.2, -0.15) is 4.98 Å². The fourth-order valence-electron chi connectivity index (χ4n) is 2.69. The molecular weight excluding hydrogens is 317 g/mol. The molecule has 3 rings (SSSR count). The molecule has 1 N–H and O–H groups in total. The molecule has 1 aliphatic rings. The van der Waals surface area contributed by atoms with Crippen molar-refractivity contribution in [3.63, 3.8) is 0 Å². The number of nitrogens with zero attached hydrogens (tertiary/aromatic N) is 3. The molecule has 7 nitrogen and oxygen atoms in total. The van der Waals surface area contributed by atoms with E-state index < -0.39 is 18.5 Å². The summed E-state index contributed by atoms with van der Waals surface area (Å²) in [7, 11) is 0. The van der Waals surface area contributed by atoms with Gasteiger partial charge in [-0.25, -0.2) is 4.39 Å². The van der Waals surface area contributed by atoms with E-state index in [2.05, 4.69) is 10.1 Å². The van der Waals surface area contributed by atoms with Crippen LogP contribution in [0.1, 0.15) is 40.7 Å². The quantitative estimate of drug-likeness (QED) is 0.917. The van der Waals surface area contributed by atoms with Crippen molar-refractivity contribution in [2.45, 2.75) is 32.7 Å². The molecule has 24 heavy (non-hydrogen) atoms. The Bertz CT molecular complexity index is 749. The number of ether oxygens (including phenoxy) is 1. The fraction of sp³-hybridized carbons (Fsp3) is 0.438. The zero-order chi connectivity index (χ0) is 17.3. The van der Waals surface area contributed by atoms with Crippen molar-refractivity contribution in [2.24, 2.45) is 0 Å². The van der Waals surface area contributed by atoms with Crippen LogP contribution in [0.3, 0.4) is 0 Å². The van der Waals surface area contributed by atoms with Gasteiger partial charge in [-0.1, -0.05) is 11.2 Å². The first-order valence-corrected chi connectivity index (χ1v) is 7.62. The monoisotopic (exact) mass is 335 g/mol. The van der Waals surface area contributed by atoms with Crippen LogP contribution in [0.2, 0.25) is 0 Å². The van der Waals surface area contributed by atoms with Crippen molar-refractivity contribution in [2.75, 3.05) is 13.1 Å². The normalized spacial score (nSPS) is 21.1. The highest BCUT2D eigenvalue weighted by atomic mass is 19.1. The van der Waals surface area contributed by atoms with Crippen LogP contribution in [0.5, 0.6) is 0 Å². The van der Waals surface area contributed by atoms with Crippen LogP contribution >= 0.6 is 0 Å². The lowest BCUT2D eigenvalue weighted by Crippen LogP contribution is -2.46. The number of carbonyl (C=O) groups is 1. The highest BCUT2D eigenvalue weighted by Crippen LogP contribution is 2.25. The fourth-order valence-corrected chi connectivity index (χ4v) is 2.69. The maximum atomic E-state index is 13.8. The van der Waals surface area contributed by atoms with E-state index in [1.54, 1.807) is 11.8 Å². The molecule has 128 valence electrons. The lowest BCUT2D eigenvalue weighted by molar-refractivity contribution is -0.0810. The van der Waals surface area contributed by atoms with Gasteiger partial charge in [0, 0.05) is 17.7 Å². The third-order valence-corrected chi connectivity index (χ3v) is 3.84. The van der Waals surface area contributed by atoms with Gasteiger partial charge in [-0.05, 0) is 26.0 Å². The van der Waals surface area contributed by atoms with E-state index in [9.17, 15) is 9.18 Å². The second-order valence-corrected chi connectivity index (χ2v) is 5.79. The van der Waals surface area contributed by atoms with Crippen LogP contribution in [0.25, 0.3) is 0 Å². The van der Waals surface area contributed by atoms with E-state index in [1.807, 2.05) is 6.92 Å². The number of halogens is 1. The minimum Gasteiger partial charge on any atom is -0.392 e. The Hall–Kier alpha value is -2.32. The summed E-state index contributed by atoms with van der Waals surface area (Å²) in [5.41, 5.74) is 0.375. The lowest BCUT2D eigenvalue weighted by Gasteiger charge is -2.35. The first-order chi connectivity index (χ1) is 11.5. The average Bonchev–Trinajstić information content (AvgIpc) is 3.00. The van der Waals surface area contributed by atoms with Crippen LogP contribution < -0.4 is 0 Å². The highest BCUT2D eigenvalue weighted by Gasteiger charge is 2.33. The summed E-state index contributed by atoms with van der Waals surface area (Å²) in [5, 5.41) is 12.8. The number of hydrogen-bond acceptors (Lipinski definition) is 6. The summed E-state index contributed by atoms with van der Waals surface area (Å²) in [6.45, 7) is 3.76. The molecule has 2 heterocycles. The molecule has 1 amide bonds. The predicted molar refractivity (Wildman–Crippen MR) is 80.5 cm³/mol. The molecule has 0 spiro atoms. The van der Waals surface area contributed by atoms with E-state index >= 15 is 0 Å². The Labute approximate surface area is 138 Å². The largest absolute Gasteiger partial charge is 0.392 e. The first kappa shape index (κ1) is 16.5. The molecule has 1 saturated heterocycles. The number of aryl methyl sites for hydroxylation is 1. The maximum absolute atomic E-state index is 13.8. The summed E-state index contributed by atoms with van der Waals surface area (Å²) in [6.07, 6.45) is -0.734. The molecule has 1 aromatic carbocycles. The van der Waals surface area contributed by atoms with Gasteiger partial charge in [0.1, 0.15) is 5.82 Å². The number of benzene rings is 1. The first-order valence-electron chi connectivity index (χ1n) is 7.62. The summed E-state index contributed by atoms with van der Waals surface area (Å²) in [4.78, 5) is 18.4. The Kier molecular flexibility index (Phi) is 4.59. The molecular formula is C16H18FN3O4. The number of amides is 1. The molecule has 1 aliphatic heterocycles. The van der Waals surface area contributed by atoms with E-state index in [-0.39, 0.29) is 29.7 Å². The second-order valence-electron chi connectivity index (χ2n) is 5.79. The molecule has 8 heteroatoms. The Balaban J connectivity index is 1.80. The number of morpholine rings is 1. The Morgan fingerprint density at radius 3 is 2.88 bits per heavy atom. The Morgan fingerprint density at radius 1 is 1.46 bits per heavy atom. The summed E-state index contributed by atoms with van der Waals surface area (Å²) in [6, 6.07) is 4.05. The van der Waals surface area contributed by atoms with Gasteiger partial charge in [0.15, 0.2) is 11.9 Å². The van der Waals surface area contributed by atoms with Crippen LogP contribution in [0.4, 0.5) is 4.39 Å². The second kappa shape index (κ2) is 6.66. The number of hydrogen-bond donors (Lipinski definition) is 1. The molecule has 0 saturated carbocycles. The third-order valence-electron chi connectivity index (χ3n) is 3.84. The molecule has 0 radical (unpaired) electrons. The van der Waals surface area contributed by atoms with Gasteiger partial charge in [0.25, 0.3) is 11.8 Å². The molecule has 2 atom stereocenters. The number of rotatable bonds is 3. The summed E-state index contributed by atoms with van der Waals surface area (Å²) in [5.74, 6) is -0.103. The predicted octanol–water partition coefficient (Wildman–Crippen LogP) is 1.61. The summed E-state index contributed by atoms with van der Waals surface area (Å²) < 4.78 is 24.7. The molecule has 0 aliphatic carbocycles. The van der Waals surface area contributed by atoms with Crippen molar-refractivity contribution < 1.29 is 23.6 Å². The van der Waals surface area contributed by atoms with Gasteiger partial charge in [0.2, 0.25) is 0 Å². The van der Waals surface area contributed by atoms with Crippen molar-refractivity contribution in [1.29, 1.82) is 0 Å². The number of aromatic nitrogens is 2. The van der Waals surface area contributed by atoms with Crippen LogP contribution in [-0.2, 0) is 11.3 Å². The topological polar surface area (TPSA) is 88.7 Å².